The molecule has 0 aliphatic heterocycles. The summed E-state index contributed by atoms with van der Waals surface area (Å²) in [6.45, 7) is 0. The molecule has 6 aromatic rings. The van der Waals surface area contributed by atoms with Gasteiger partial charge in [0.05, 0.1) is 22.7 Å². The van der Waals surface area contributed by atoms with Crippen LogP contribution < -0.4 is 69.3 Å². The number of hydrogen-bond acceptors (Lipinski definition) is 14. The average Bonchev–Trinajstić information content (AvgIpc) is 3.19. The molecule has 0 spiro atoms. The van der Waals surface area contributed by atoms with Crippen molar-refractivity contribution in [1.29, 1.82) is 0 Å². The molecule has 0 atom stereocenters. The second-order valence-electron chi connectivity index (χ2n) is 12.4. The van der Waals surface area contributed by atoms with Crippen molar-refractivity contribution in [3.05, 3.63) is 144 Å². The summed E-state index contributed by atoms with van der Waals surface area (Å²) in [5, 5.41) is 79.8. The Morgan fingerprint density at radius 3 is 1.23 bits per heavy atom. The molecule has 0 saturated carbocycles. The molecular weight excluding hydrogens is 867 g/mol. The maximum atomic E-state index is 12.4. The van der Waals surface area contributed by atoms with Crippen LogP contribution in [0.4, 0.5) is 34.1 Å². The summed E-state index contributed by atoms with van der Waals surface area (Å²) < 4.78 is 69.8. The molecule has 0 heterocycles. The Morgan fingerprint density at radius 1 is 0.484 bits per heavy atom. The number of aliphatic imine (C=N–C) groups is 2. The van der Waals surface area contributed by atoms with Crippen LogP contribution in [0, 0.1) is 0 Å². The van der Waals surface area contributed by atoms with Crippen molar-refractivity contribution < 1.29 is 116 Å². The minimum Gasteiger partial charge on any atom is -0.872 e. The molecule has 0 unspecified atom stereocenters. The van der Waals surface area contributed by atoms with Gasteiger partial charge in [-0.05, 0) is 96.1 Å². The predicted molar refractivity (Wildman–Crippen MR) is 215 cm³/mol. The van der Waals surface area contributed by atoms with Gasteiger partial charge in [-0.25, -0.2) is 9.98 Å². The zero-order valence-electron chi connectivity index (χ0n) is 32.3. The van der Waals surface area contributed by atoms with E-state index < -0.39 is 53.3 Å². The molecule has 0 aromatic heterocycles. The van der Waals surface area contributed by atoms with Gasteiger partial charge < -0.3 is 30.6 Å². The smallest absolute Gasteiger partial charge is 0.872 e. The summed E-state index contributed by atoms with van der Waals surface area (Å²) in [5.41, 5.74) is 0.244. The maximum absolute atomic E-state index is 12.4. The number of aliphatic hydroxyl groups excluding tert-OH is 2. The molecule has 6 aromatic carbocycles. The van der Waals surface area contributed by atoms with Crippen LogP contribution in [-0.4, -0.2) is 58.2 Å². The van der Waals surface area contributed by atoms with E-state index in [4.69, 9.17) is 0 Å². The number of azo groups is 2. The van der Waals surface area contributed by atoms with Crippen molar-refractivity contribution >= 4 is 78.3 Å². The Bertz CT molecular complexity index is 2830. The molecule has 22 heteroatoms. The van der Waals surface area contributed by atoms with Crippen molar-refractivity contribution in [2.75, 3.05) is 0 Å². The Balaban J connectivity index is 0.00000422. The van der Waals surface area contributed by atoms with Gasteiger partial charge in [0.2, 0.25) is 11.8 Å². The van der Waals surface area contributed by atoms with Crippen LogP contribution in [0.25, 0.3) is 12.2 Å². The first-order valence-electron chi connectivity index (χ1n) is 16.9. The van der Waals surface area contributed by atoms with Crippen molar-refractivity contribution in [2.24, 2.45) is 30.4 Å². The molecule has 0 aliphatic rings. The summed E-state index contributed by atoms with van der Waals surface area (Å²) in [6, 6.07) is 25.6. The number of phenols is 2. The van der Waals surface area contributed by atoms with Crippen LogP contribution in [-0.2, 0) is 20.2 Å². The van der Waals surface area contributed by atoms with Gasteiger partial charge in [0.25, 0.3) is 20.2 Å². The van der Waals surface area contributed by atoms with E-state index >= 15 is 0 Å². The monoisotopic (exact) mass is 894 g/mol. The number of hydrogen-bond donors (Lipinski definition) is 6. The average molecular weight is 895 g/mol. The van der Waals surface area contributed by atoms with Gasteiger partial charge >= 0.3 is 59.1 Å². The predicted octanol–water partition coefficient (Wildman–Crippen LogP) is 2.02. The largest absolute Gasteiger partial charge is 1.00 e. The van der Waals surface area contributed by atoms with E-state index in [0.29, 0.717) is 0 Å². The zero-order chi connectivity index (χ0) is 43.2. The maximum Gasteiger partial charge on any atom is 1.00 e. The van der Waals surface area contributed by atoms with Crippen molar-refractivity contribution in [2.45, 2.75) is 9.79 Å². The summed E-state index contributed by atoms with van der Waals surface area (Å²) in [4.78, 5) is 6.73. The molecule has 0 bridgehead atoms. The van der Waals surface area contributed by atoms with Crippen LogP contribution in [0.1, 0.15) is 22.3 Å². The van der Waals surface area contributed by atoms with Crippen LogP contribution in [0.15, 0.2) is 162 Å². The molecular formula is C40H28N6Na2O12S2. The summed E-state index contributed by atoms with van der Waals surface area (Å²) in [6.07, 6.45) is 2.29. The van der Waals surface area contributed by atoms with Crippen LogP contribution >= 0.6 is 0 Å². The van der Waals surface area contributed by atoms with E-state index in [2.05, 4.69) is 30.4 Å². The Morgan fingerprint density at radius 2 is 0.871 bits per heavy atom. The number of benzene rings is 6. The number of aliphatic hydroxyl groups is 2. The summed E-state index contributed by atoms with van der Waals surface area (Å²) in [7, 11) is -9.87. The summed E-state index contributed by atoms with van der Waals surface area (Å²) >= 11 is 0. The van der Waals surface area contributed by atoms with E-state index in [0.717, 1.165) is 36.4 Å². The van der Waals surface area contributed by atoms with Gasteiger partial charge in [-0.3, -0.25) is 9.11 Å². The van der Waals surface area contributed by atoms with Crippen LogP contribution in [0.5, 0.6) is 23.0 Å². The SMILES string of the molecule is O=S(=O)(O)c1cc(N=C(O)c2cccc(N=Nc3ccc([O-])cc3O)c2)ccc1/C=C/c1ccc(N=C(O)c2cccc(N=Nc3ccc([O-])cc3O)c2)cc1S(=O)(=O)O.[Na+].[Na+]. The molecule has 18 nitrogen and oxygen atoms in total. The topological polar surface area (TPSA) is 310 Å². The fourth-order valence-electron chi connectivity index (χ4n) is 5.27. The molecule has 6 rings (SSSR count). The van der Waals surface area contributed by atoms with E-state index in [9.17, 15) is 56.6 Å². The molecule has 0 saturated heterocycles. The standard InChI is InChI=1S/C40H30N6O12S2.2Na/c47-31-13-15-33(35(49)21-31)45-43-29-5-1-3-25(17-29)39(51)41-27-11-9-23(37(19-27)59(53,54)55)7-8-24-10-12-28(20-38(24)60(56,57)58)42-40(52)26-4-2-6-30(18-26)44-46-34-16-14-32(48)22-36(34)50;;/h1-22,47-50H,(H,41,51)(H,42,52)(H,53,54,55)(H,56,57,58);;/q;2*+1/p-2/b8-7+,45-43?,46-44?;;. The third kappa shape index (κ3) is 12.9. The second-order valence-corrected chi connectivity index (χ2v) is 15.2. The van der Waals surface area contributed by atoms with Gasteiger partial charge in [0.15, 0.2) is 0 Å². The van der Waals surface area contributed by atoms with E-state index in [1.54, 1.807) is 0 Å². The van der Waals surface area contributed by atoms with E-state index in [1.807, 2.05) is 0 Å². The minimum atomic E-state index is -4.93. The molecule has 0 aliphatic carbocycles. The first-order chi connectivity index (χ1) is 28.4. The van der Waals surface area contributed by atoms with E-state index in [-0.39, 0.29) is 127 Å². The zero-order valence-corrected chi connectivity index (χ0v) is 38.0. The fraction of sp³-hybridized carbons (Fsp3) is 0. The van der Waals surface area contributed by atoms with Crippen molar-refractivity contribution in [3.8, 4) is 23.0 Å². The van der Waals surface area contributed by atoms with Gasteiger partial charge in [0, 0.05) is 11.1 Å². The number of phenolic OH excluding ortho intramolecular Hbond substituents is 2. The second kappa shape index (κ2) is 20.9. The number of rotatable bonds is 12. The van der Waals surface area contributed by atoms with Crippen LogP contribution in [0.2, 0.25) is 0 Å². The van der Waals surface area contributed by atoms with Crippen molar-refractivity contribution in [1.82, 2.24) is 0 Å². The quantitative estimate of drug-likeness (QED) is 0.0257. The van der Waals surface area contributed by atoms with Crippen molar-refractivity contribution in [3.63, 3.8) is 0 Å². The molecule has 0 fully saturated rings. The molecule has 62 heavy (non-hydrogen) atoms. The van der Waals surface area contributed by atoms with Gasteiger partial charge in [0.1, 0.15) is 32.7 Å². The third-order valence-corrected chi connectivity index (χ3v) is 9.93. The Kier molecular flexibility index (Phi) is 16.4. The third-order valence-electron chi connectivity index (χ3n) is 8.11. The normalized spacial score (nSPS) is 12.4. The number of nitrogens with zero attached hydrogens (tertiary/aromatic N) is 6. The molecule has 0 amide bonds. The van der Waals surface area contributed by atoms with Crippen LogP contribution in [0.3, 0.4) is 0 Å². The van der Waals surface area contributed by atoms with Gasteiger partial charge in [-0.15, -0.1) is 21.7 Å². The molecule has 304 valence electrons. The Hall–Kier alpha value is -5.78. The Labute approximate surface area is 397 Å². The molecule has 0 radical (unpaired) electrons. The summed E-state index contributed by atoms with van der Waals surface area (Å²) in [5.74, 6) is -2.76. The minimum absolute atomic E-state index is 0. The molecule has 6 N–H and O–H groups in total. The number of aromatic hydroxyl groups is 2. The van der Waals surface area contributed by atoms with Gasteiger partial charge in [-0.1, -0.05) is 48.6 Å². The van der Waals surface area contributed by atoms with Gasteiger partial charge in [-0.2, -0.15) is 27.1 Å². The first-order valence-corrected chi connectivity index (χ1v) is 19.8. The van der Waals surface area contributed by atoms with E-state index in [1.165, 1.54) is 97.1 Å². The fourth-order valence-corrected chi connectivity index (χ4v) is 6.68. The first kappa shape index (κ1) is 48.9.